The fourth-order valence-electron chi connectivity index (χ4n) is 2.68. The normalized spacial score (nSPS) is 13.4. The summed E-state index contributed by atoms with van der Waals surface area (Å²) in [5, 5.41) is 0.678. The summed E-state index contributed by atoms with van der Waals surface area (Å²) in [6, 6.07) is 11.2. The highest BCUT2D eigenvalue weighted by atomic mass is 32.2. The van der Waals surface area contributed by atoms with Gasteiger partial charge in [0.05, 0.1) is 11.2 Å². The molecule has 0 radical (unpaired) electrons. The number of aromatic nitrogens is 1. The Kier molecular flexibility index (Phi) is 4.78. The predicted molar refractivity (Wildman–Crippen MR) is 96.0 cm³/mol. The highest BCUT2D eigenvalue weighted by Crippen LogP contribution is 2.22. The zero-order chi connectivity index (χ0) is 18.0. The lowest BCUT2D eigenvalue weighted by molar-refractivity contribution is 0.361. The molecular weight excluding hydrogens is 340 g/mol. The molecule has 3 rings (SSSR count). The van der Waals surface area contributed by atoms with Crippen LogP contribution in [-0.4, -0.2) is 30.8 Å². The standard InChI is InChI=1S/C18H20N2O4S/c1-13(5-7-15-4-3-11-24-15)20(2)25(22,23)16-8-9-17-14(12-16)6-10-18(21)19-17/h3-4,6,8-13H,5,7H2,1-2H3,(H,19,21)/t13-/m1/s1. The van der Waals surface area contributed by atoms with Gasteiger partial charge in [0.1, 0.15) is 5.76 Å². The lowest BCUT2D eigenvalue weighted by atomic mass is 10.1. The van der Waals surface area contributed by atoms with Gasteiger partial charge in [0.25, 0.3) is 0 Å². The predicted octanol–water partition coefficient (Wildman–Crippen LogP) is 2.76. The van der Waals surface area contributed by atoms with Crippen molar-refractivity contribution >= 4 is 20.9 Å². The smallest absolute Gasteiger partial charge is 0.248 e. The number of furan rings is 1. The summed E-state index contributed by atoms with van der Waals surface area (Å²) in [4.78, 5) is 14.2. The number of fused-ring (bicyclic) bond motifs is 1. The zero-order valence-corrected chi connectivity index (χ0v) is 14.9. The highest BCUT2D eigenvalue weighted by Gasteiger charge is 2.25. The molecule has 25 heavy (non-hydrogen) atoms. The number of hydrogen-bond acceptors (Lipinski definition) is 4. The third kappa shape index (κ3) is 3.67. The Labute approximate surface area is 146 Å². The summed E-state index contributed by atoms with van der Waals surface area (Å²) < 4.78 is 32.4. The van der Waals surface area contributed by atoms with E-state index in [-0.39, 0.29) is 16.5 Å². The van der Waals surface area contributed by atoms with Crippen LogP contribution in [-0.2, 0) is 16.4 Å². The fourth-order valence-corrected chi connectivity index (χ4v) is 4.11. The molecule has 0 spiro atoms. The molecule has 0 aliphatic rings. The molecule has 0 saturated carbocycles. The molecule has 0 aliphatic heterocycles. The minimum Gasteiger partial charge on any atom is -0.469 e. The number of aromatic amines is 1. The Morgan fingerprint density at radius 2 is 2.00 bits per heavy atom. The number of hydrogen-bond donors (Lipinski definition) is 1. The molecule has 132 valence electrons. The minimum atomic E-state index is -3.62. The Hall–Kier alpha value is -2.38. The van der Waals surface area contributed by atoms with Gasteiger partial charge >= 0.3 is 0 Å². The van der Waals surface area contributed by atoms with Gasteiger partial charge in [-0.1, -0.05) is 0 Å². The molecule has 3 aromatic rings. The number of benzene rings is 1. The quantitative estimate of drug-likeness (QED) is 0.733. The van der Waals surface area contributed by atoms with Crippen molar-refractivity contribution in [1.29, 1.82) is 0 Å². The van der Waals surface area contributed by atoms with Crippen LogP contribution in [0, 0.1) is 0 Å². The Morgan fingerprint density at radius 1 is 1.20 bits per heavy atom. The van der Waals surface area contributed by atoms with Crippen LogP contribution in [0.1, 0.15) is 19.1 Å². The molecule has 2 aromatic heterocycles. The van der Waals surface area contributed by atoms with Crippen molar-refractivity contribution in [2.24, 2.45) is 0 Å². The molecule has 0 aliphatic carbocycles. The number of nitrogens with one attached hydrogen (secondary N) is 1. The zero-order valence-electron chi connectivity index (χ0n) is 14.1. The minimum absolute atomic E-state index is 0.179. The van der Waals surface area contributed by atoms with Crippen LogP contribution in [0.15, 0.2) is 62.8 Å². The molecular formula is C18H20N2O4S. The largest absolute Gasteiger partial charge is 0.469 e. The molecule has 1 atom stereocenters. The molecule has 0 amide bonds. The van der Waals surface area contributed by atoms with Gasteiger partial charge < -0.3 is 9.40 Å². The molecule has 6 nitrogen and oxygen atoms in total. The Balaban J connectivity index is 1.81. The Morgan fingerprint density at radius 3 is 2.72 bits per heavy atom. The van der Waals surface area contributed by atoms with Gasteiger partial charge in [0.2, 0.25) is 15.6 Å². The van der Waals surface area contributed by atoms with Crippen molar-refractivity contribution in [3.05, 3.63) is 64.8 Å². The fraction of sp³-hybridized carbons (Fsp3) is 0.278. The van der Waals surface area contributed by atoms with E-state index < -0.39 is 10.0 Å². The number of H-pyrrole nitrogens is 1. The van der Waals surface area contributed by atoms with Crippen LogP contribution in [0.3, 0.4) is 0 Å². The van der Waals surface area contributed by atoms with E-state index in [4.69, 9.17) is 4.42 Å². The average Bonchev–Trinajstić information content (AvgIpc) is 3.11. The summed E-state index contributed by atoms with van der Waals surface area (Å²) >= 11 is 0. The third-order valence-corrected chi connectivity index (χ3v) is 6.35. The molecule has 0 saturated heterocycles. The molecule has 1 N–H and O–H groups in total. The molecule has 0 fully saturated rings. The van der Waals surface area contributed by atoms with Crippen molar-refractivity contribution in [3.8, 4) is 0 Å². The second-order valence-corrected chi connectivity index (χ2v) is 8.06. The van der Waals surface area contributed by atoms with Crippen LogP contribution in [0.5, 0.6) is 0 Å². The van der Waals surface area contributed by atoms with Crippen LogP contribution in [0.4, 0.5) is 0 Å². The van der Waals surface area contributed by atoms with Gasteiger partial charge in [-0.25, -0.2) is 8.42 Å². The number of nitrogens with zero attached hydrogens (tertiary/aromatic N) is 1. The van der Waals surface area contributed by atoms with Crippen LogP contribution in [0.25, 0.3) is 10.9 Å². The summed E-state index contributed by atoms with van der Waals surface area (Å²) in [6.45, 7) is 1.87. The lowest BCUT2D eigenvalue weighted by Gasteiger charge is -2.24. The van der Waals surface area contributed by atoms with Crippen molar-refractivity contribution in [3.63, 3.8) is 0 Å². The van der Waals surface area contributed by atoms with E-state index in [0.29, 0.717) is 23.7 Å². The summed E-state index contributed by atoms with van der Waals surface area (Å²) in [7, 11) is -2.04. The monoisotopic (exact) mass is 360 g/mol. The second kappa shape index (κ2) is 6.85. The van der Waals surface area contributed by atoms with Crippen LogP contribution in [0.2, 0.25) is 0 Å². The third-order valence-electron chi connectivity index (χ3n) is 4.38. The first-order valence-electron chi connectivity index (χ1n) is 8.01. The van der Waals surface area contributed by atoms with Gasteiger partial charge in [-0.05, 0) is 55.1 Å². The van der Waals surface area contributed by atoms with Crippen LogP contribution >= 0.6 is 0 Å². The van der Waals surface area contributed by atoms with E-state index in [0.717, 1.165) is 5.76 Å². The number of aryl methyl sites for hydroxylation is 1. The van der Waals surface area contributed by atoms with Crippen molar-refractivity contribution in [1.82, 2.24) is 9.29 Å². The van der Waals surface area contributed by atoms with Crippen molar-refractivity contribution < 1.29 is 12.8 Å². The molecule has 0 unspecified atom stereocenters. The molecule has 0 bridgehead atoms. The maximum atomic E-state index is 12.9. The highest BCUT2D eigenvalue weighted by molar-refractivity contribution is 7.89. The lowest BCUT2D eigenvalue weighted by Crippen LogP contribution is -2.35. The van der Waals surface area contributed by atoms with Crippen molar-refractivity contribution in [2.75, 3.05) is 7.05 Å². The molecule has 1 aromatic carbocycles. The average molecular weight is 360 g/mol. The van der Waals surface area contributed by atoms with Crippen LogP contribution < -0.4 is 5.56 Å². The first-order chi connectivity index (χ1) is 11.9. The van der Waals surface area contributed by atoms with Gasteiger partial charge in [-0.15, -0.1) is 0 Å². The number of pyridine rings is 1. The van der Waals surface area contributed by atoms with Gasteiger partial charge in [0, 0.05) is 31.1 Å². The first-order valence-corrected chi connectivity index (χ1v) is 9.45. The Bertz CT molecular complexity index is 1020. The number of sulfonamides is 1. The second-order valence-electron chi connectivity index (χ2n) is 6.06. The summed E-state index contributed by atoms with van der Waals surface area (Å²) in [6.07, 6.45) is 2.94. The van der Waals surface area contributed by atoms with E-state index >= 15 is 0 Å². The van der Waals surface area contributed by atoms with E-state index in [1.807, 2.05) is 19.1 Å². The summed E-state index contributed by atoms with van der Waals surface area (Å²) in [5.41, 5.74) is 0.395. The van der Waals surface area contributed by atoms with Crippen molar-refractivity contribution in [2.45, 2.75) is 30.7 Å². The van der Waals surface area contributed by atoms with Gasteiger partial charge in [-0.2, -0.15) is 4.31 Å². The SMILES string of the molecule is C[C@H](CCc1ccco1)N(C)S(=O)(=O)c1ccc2[nH]c(=O)ccc2c1. The van der Waals surface area contributed by atoms with E-state index in [1.54, 1.807) is 31.5 Å². The molecule has 7 heteroatoms. The van der Waals surface area contributed by atoms with Gasteiger partial charge in [0.15, 0.2) is 0 Å². The first kappa shape index (κ1) is 17.4. The molecule has 2 heterocycles. The number of rotatable bonds is 6. The van der Waals surface area contributed by atoms with E-state index in [9.17, 15) is 13.2 Å². The van der Waals surface area contributed by atoms with Gasteiger partial charge in [-0.3, -0.25) is 4.79 Å². The maximum Gasteiger partial charge on any atom is 0.248 e. The summed E-state index contributed by atoms with van der Waals surface area (Å²) in [5.74, 6) is 0.840. The van der Waals surface area contributed by atoms with E-state index in [1.165, 1.54) is 16.4 Å². The maximum absolute atomic E-state index is 12.9. The van der Waals surface area contributed by atoms with E-state index in [2.05, 4.69) is 4.98 Å². The topological polar surface area (TPSA) is 83.4 Å².